The van der Waals surface area contributed by atoms with E-state index in [1.807, 2.05) is 18.2 Å². The van der Waals surface area contributed by atoms with Crippen molar-refractivity contribution in [2.75, 3.05) is 37.4 Å². The highest BCUT2D eigenvalue weighted by molar-refractivity contribution is 5.87. The van der Waals surface area contributed by atoms with Gasteiger partial charge in [0, 0.05) is 31.0 Å². The number of esters is 1. The van der Waals surface area contributed by atoms with Crippen LogP contribution in [-0.2, 0) is 4.74 Å². The number of carbonyl (C=O) groups is 1. The van der Waals surface area contributed by atoms with Crippen LogP contribution in [0.3, 0.4) is 0 Å². The highest BCUT2D eigenvalue weighted by atomic mass is 16.5. The second-order valence-corrected chi connectivity index (χ2v) is 5.37. The molecule has 23 heavy (non-hydrogen) atoms. The summed E-state index contributed by atoms with van der Waals surface area (Å²) in [6, 6.07) is 7.55. The Morgan fingerprint density at radius 3 is 2.87 bits per heavy atom. The van der Waals surface area contributed by atoms with Gasteiger partial charge in [0.25, 0.3) is 0 Å². The summed E-state index contributed by atoms with van der Waals surface area (Å²) in [4.78, 5) is 14.1. The van der Waals surface area contributed by atoms with Crippen molar-refractivity contribution in [1.29, 1.82) is 0 Å². The molecule has 1 saturated heterocycles. The Morgan fingerprint density at radius 2 is 2.17 bits per heavy atom. The zero-order chi connectivity index (χ0) is 16.4. The van der Waals surface area contributed by atoms with Crippen LogP contribution in [0.4, 0.5) is 11.4 Å². The maximum atomic E-state index is 11.9. The van der Waals surface area contributed by atoms with Gasteiger partial charge >= 0.3 is 5.97 Å². The van der Waals surface area contributed by atoms with Crippen molar-refractivity contribution >= 4 is 17.3 Å². The van der Waals surface area contributed by atoms with E-state index in [0.717, 1.165) is 18.8 Å². The number of nitrogens with two attached hydrogens (primary N) is 1. The summed E-state index contributed by atoms with van der Waals surface area (Å²) in [5.74, 6) is 0.329. The van der Waals surface area contributed by atoms with Crippen molar-refractivity contribution in [3.63, 3.8) is 0 Å². The summed E-state index contributed by atoms with van der Waals surface area (Å²) < 4.78 is 12.0. The molecule has 7 heteroatoms. The van der Waals surface area contributed by atoms with Crippen LogP contribution in [0.2, 0.25) is 0 Å². The number of nitrogens with zero attached hydrogens (tertiary/aromatic N) is 3. The molecule has 1 aromatic heterocycles. The van der Waals surface area contributed by atoms with E-state index >= 15 is 0 Å². The predicted octanol–water partition coefficient (Wildman–Crippen LogP) is 1.71. The normalized spacial score (nSPS) is 14.4. The maximum Gasteiger partial charge on any atom is 0.356 e. The van der Waals surface area contributed by atoms with Crippen molar-refractivity contribution in [2.45, 2.75) is 13.0 Å². The number of hydrogen-bond acceptors (Lipinski definition) is 6. The van der Waals surface area contributed by atoms with E-state index in [2.05, 4.69) is 10.00 Å². The minimum absolute atomic E-state index is 0.146. The van der Waals surface area contributed by atoms with Crippen molar-refractivity contribution in [1.82, 2.24) is 9.78 Å². The van der Waals surface area contributed by atoms with E-state index in [0.29, 0.717) is 23.7 Å². The monoisotopic (exact) mass is 316 g/mol. The second-order valence-electron chi connectivity index (χ2n) is 5.37. The number of carbonyl (C=O) groups excluding carboxylic acids is 1. The third-order valence-corrected chi connectivity index (χ3v) is 3.95. The Morgan fingerprint density at radius 1 is 1.39 bits per heavy atom. The largest absolute Gasteiger partial charge is 0.495 e. The van der Waals surface area contributed by atoms with Crippen molar-refractivity contribution in [3.8, 4) is 5.75 Å². The number of methoxy groups -OCH3 is 1. The molecule has 0 atom stereocenters. The van der Waals surface area contributed by atoms with Crippen molar-refractivity contribution in [3.05, 3.63) is 36.2 Å². The molecule has 0 radical (unpaired) electrons. The molecule has 0 bridgehead atoms. The number of anilines is 2. The molecule has 0 unspecified atom stereocenters. The first-order valence-electron chi connectivity index (χ1n) is 7.53. The summed E-state index contributed by atoms with van der Waals surface area (Å²) >= 11 is 0. The third-order valence-electron chi connectivity index (χ3n) is 3.95. The first-order valence-corrected chi connectivity index (χ1v) is 7.53. The van der Waals surface area contributed by atoms with Crippen LogP contribution in [0.15, 0.2) is 30.5 Å². The van der Waals surface area contributed by atoms with Gasteiger partial charge in [-0.25, -0.2) is 4.79 Å². The van der Waals surface area contributed by atoms with E-state index in [9.17, 15) is 4.79 Å². The lowest BCUT2D eigenvalue weighted by atomic mass is 10.1. The van der Waals surface area contributed by atoms with Gasteiger partial charge in [0.2, 0.25) is 0 Å². The molecule has 3 rings (SSSR count). The molecular formula is C16H20N4O3. The zero-order valence-electron chi connectivity index (χ0n) is 13.2. The quantitative estimate of drug-likeness (QED) is 0.668. The highest BCUT2D eigenvalue weighted by Gasteiger charge is 2.32. The minimum atomic E-state index is -0.336. The smallest absolute Gasteiger partial charge is 0.356 e. The number of aromatic nitrogens is 2. The van der Waals surface area contributed by atoms with Crippen LogP contribution >= 0.6 is 0 Å². The summed E-state index contributed by atoms with van der Waals surface area (Å²) in [5, 5.41) is 4.26. The number of benzene rings is 1. The number of nitrogen functional groups attached to an aromatic ring is 1. The molecule has 1 aliphatic rings. The molecule has 0 spiro atoms. The molecule has 0 amide bonds. The van der Waals surface area contributed by atoms with Gasteiger partial charge in [0.1, 0.15) is 11.4 Å². The first kappa shape index (κ1) is 15.2. The first-order chi connectivity index (χ1) is 11.1. The predicted molar refractivity (Wildman–Crippen MR) is 86.8 cm³/mol. The van der Waals surface area contributed by atoms with E-state index in [4.69, 9.17) is 15.2 Å². The number of ether oxygens (including phenoxy) is 2. The highest BCUT2D eigenvalue weighted by Crippen LogP contribution is 2.33. The van der Waals surface area contributed by atoms with E-state index in [1.54, 1.807) is 31.0 Å². The molecule has 1 aliphatic heterocycles. The van der Waals surface area contributed by atoms with Gasteiger partial charge in [-0.15, -0.1) is 0 Å². The molecule has 2 heterocycles. The fraction of sp³-hybridized carbons (Fsp3) is 0.375. The number of rotatable bonds is 5. The average molecular weight is 316 g/mol. The Hall–Kier alpha value is -2.70. The molecule has 2 aromatic rings. The Balaban J connectivity index is 1.70. The lowest BCUT2D eigenvalue weighted by Gasteiger charge is -2.41. The van der Waals surface area contributed by atoms with Crippen LogP contribution in [0.5, 0.6) is 5.75 Å². The second kappa shape index (κ2) is 6.20. The fourth-order valence-electron chi connectivity index (χ4n) is 2.69. The van der Waals surface area contributed by atoms with Gasteiger partial charge in [-0.05, 0) is 25.1 Å². The molecule has 7 nitrogen and oxygen atoms in total. The molecule has 1 aromatic carbocycles. The molecule has 0 aliphatic carbocycles. The Bertz CT molecular complexity index is 707. The molecule has 2 N–H and O–H groups in total. The van der Waals surface area contributed by atoms with E-state index in [-0.39, 0.29) is 12.0 Å². The van der Waals surface area contributed by atoms with Gasteiger partial charge in [0.05, 0.1) is 25.4 Å². The molecule has 1 fully saturated rings. The maximum absolute atomic E-state index is 11.9. The topological polar surface area (TPSA) is 82.6 Å². The minimum Gasteiger partial charge on any atom is -0.495 e. The zero-order valence-corrected chi connectivity index (χ0v) is 13.2. The SMILES string of the molecule is CCOC(=O)c1ccnn1C1CN(c2ccc(N)c(OC)c2)C1. The number of hydrogen-bond donors (Lipinski definition) is 1. The molecular weight excluding hydrogens is 296 g/mol. The van der Waals surface area contributed by atoms with Gasteiger partial charge in [-0.3, -0.25) is 4.68 Å². The Kier molecular flexibility index (Phi) is 4.10. The average Bonchev–Trinajstić information content (AvgIpc) is 2.97. The molecule has 122 valence electrons. The van der Waals surface area contributed by atoms with E-state index in [1.165, 1.54) is 0 Å². The lowest BCUT2D eigenvalue weighted by Crippen LogP contribution is -2.48. The van der Waals surface area contributed by atoms with Crippen molar-refractivity contribution in [2.24, 2.45) is 0 Å². The van der Waals surface area contributed by atoms with E-state index < -0.39 is 0 Å². The van der Waals surface area contributed by atoms with Gasteiger partial charge in [-0.1, -0.05) is 0 Å². The van der Waals surface area contributed by atoms with Crippen LogP contribution < -0.4 is 15.4 Å². The van der Waals surface area contributed by atoms with Crippen LogP contribution in [0, 0.1) is 0 Å². The summed E-state index contributed by atoms with van der Waals surface area (Å²) in [7, 11) is 1.60. The standard InChI is InChI=1S/C16H20N4O3/c1-3-23-16(21)14-6-7-18-20(14)12-9-19(10-12)11-4-5-13(17)15(8-11)22-2/h4-8,12H,3,9-10,17H2,1-2H3. The van der Waals surface area contributed by atoms with Crippen LogP contribution in [-0.4, -0.2) is 42.6 Å². The summed E-state index contributed by atoms with van der Waals surface area (Å²) in [5.41, 5.74) is 7.98. The van der Waals surface area contributed by atoms with Gasteiger partial charge < -0.3 is 20.1 Å². The lowest BCUT2D eigenvalue weighted by molar-refractivity contribution is 0.0507. The van der Waals surface area contributed by atoms with Crippen LogP contribution in [0.1, 0.15) is 23.5 Å². The van der Waals surface area contributed by atoms with Gasteiger partial charge in [0.15, 0.2) is 0 Å². The summed E-state index contributed by atoms with van der Waals surface area (Å²) in [6.45, 7) is 3.67. The molecule has 0 saturated carbocycles. The fourth-order valence-corrected chi connectivity index (χ4v) is 2.69. The Labute approximate surface area is 134 Å². The van der Waals surface area contributed by atoms with Crippen LogP contribution in [0.25, 0.3) is 0 Å². The van der Waals surface area contributed by atoms with Gasteiger partial charge in [-0.2, -0.15) is 5.10 Å². The third kappa shape index (κ3) is 2.81. The van der Waals surface area contributed by atoms with Crippen molar-refractivity contribution < 1.29 is 14.3 Å². The summed E-state index contributed by atoms with van der Waals surface area (Å²) in [6.07, 6.45) is 1.63.